The van der Waals surface area contributed by atoms with Crippen LogP contribution < -0.4 is 10.1 Å². The largest absolute Gasteiger partial charge is 0.484 e. The highest BCUT2D eigenvalue weighted by atomic mass is 32.1. The number of carbonyl (C=O) groups excluding carboxylic acids is 1. The molecular formula is C22H26N2O2S. The second kappa shape index (κ2) is 6.62. The van der Waals surface area contributed by atoms with E-state index in [1.807, 2.05) is 30.3 Å². The number of anilines is 1. The lowest BCUT2D eigenvalue weighted by atomic mass is 9.48. The van der Waals surface area contributed by atoms with Crippen molar-refractivity contribution in [1.82, 2.24) is 4.98 Å². The lowest BCUT2D eigenvalue weighted by molar-refractivity contribution is -0.118. The molecule has 4 aliphatic rings. The summed E-state index contributed by atoms with van der Waals surface area (Å²) in [5, 5.41) is 3.67. The molecule has 0 spiro atoms. The molecule has 0 aliphatic heterocycles. The van der Waals surface area contributed by atoms with Crippen LogP contribution >= 0.6 is 11.3 Å². The minimum Gasteiger partial charge on any atom is -0.484 e. The molecule has 27 heavy (non-hydrogen) atoms. The van der Waals surface area contributed by atoms with Crippen LogP contribution in [0, 0.1) is 24.7 Å². The van der Waals surface area contributed by atoms with Crippen molar-refractivity contribution >= 4 is 22.4 Å². The predicted molar refractivity (Wildman–Crippen MR) is 107 cm³/mol. The Morgan fingerprint density at radius 1 is 1.15 bits per heavy atom. The van der Waals surface area contributed by atoms with Gasteiger partial charge in [-0.15, -0.1) is 11.3 Å². The summed E-state index contributed by atoms with van der Waals surface area (Å²) in [6, 6.07) is 9.43. The Bertz CT molecular complexity index is 810. The van der Waals surface area contributed by atoms with E-state index < -0.39 is 0 Å². The fourth-order valence-corrected chi connectivity index (χ4v) is 7.11. The van der Waals surface area contributed by atoms with E-state index in [-0.39, 0.29) is 17.9 Å². The van der Waals surface area contributed by atoms with Gasteiger partial charge < -0.3 is 4.74 Å². The zero-order chi connectivity index (χ0) is 18.4. The van der Waals surface area contributed by atoms with E-state index >= 15 is 0 Å². The summed E-state index contributed by atoms with van der Waals surface area (Å²) < 4.78 is 5.54. The zero-order valence-electron chi connectivity index (χ0n) is 15.7. The molecule has 4 bridgehead atoms. The minimum atomic E-state index is -0.148. The smallest absolute Gasteiger partial charge is 0.264 e. The van der Waals surface area contributed by atoms with Gasteiger partial charge >= 0.3 is 0 Å². The zero-order valence-corrected chi connectivity index (χ0v) is 16.6. The third-order valence-corrected chi connectivity index (χ3v) is 7.58. The monoisotopic (exact) mass is 382 g/mol. The van der Waals surface area contributed by atoms with Gasteiger partial charge in [0.05, 0.1) is 5.69 Å². The first kappa shape index (κ1) is 17.2. The predicted octanol–water partition coefficient (Wildman–Crippen LogP) is 4.94. The van der Waals surface area contributed by atoms with Crippen LogP contribution in [0.25, 0.3) is 0 Å². The number of hydrogen-bond donors (Lipinski definition) is 1. The molecule has 4 aliphatic carbocycles. The van der Waals surface area contributed by atoms with E-state index in [0.717, 1.165) is 22.9 Å². The second-order valence-electron chi connectivity index (χ2n) is 8.77. The van der Waals surface area contributed by atoms with Crippen LogP contribution in [0.2, 0.25) is 0 Å². The average molecular weight is 383 g/mol. The van der Waals surface area contributed by atoms with Crippen molar-refractivity contribution in [1.29, 1.82) is 0 Å². The van der Waals surface area contributed by atoms with Crippen molar-refractivity contribution in [2.75, 3.05) is 11.9 Å². The quantitative estimate of drug-likeness (QED) is 0.797. The molecule has 0 unspecified atom stereocenters. The molecule has 1 amide bonds. The number of ether oxygens (including phenoxy) is 1. The maximum atomic E-state index is 12.3. The first-order chi connectivity index (χ1) is 13.1. The molecule has 1 N–H and O–H groups in total. The van der Waals surface area contributed by atoms with Gasteiger partial charge in [0.25, 0.3) is 5.91 Å². The molecule has 5 heteroatoms. The summed E-state index contributed by atoms with van der Waals surface area (Å²) in [6.45, 7) is 2.18. The number of hydrogen-bond acceptors (Lipinski definition) is 4. The molecule has 4 nitrogen and oxygen atoms in total. The van der Waals surface area contributed by atoms with Gasteiger partial charge in [-0.3, -0.25) is 10.1 Å². The minimum absolute atomic E-state index is 0.00927. The van der Waals surface area contributed by atoms with Crippen LogP contribution in [0.3, 0.4) is 0 Å². The Kier molecular flexibility index (Phi) is 4.23. The van der Waals surface area contributed by atoms with Crippen molar-refractivity contribution < 1.29 is 9.53 Å². The summed E-state index contributed by atoms with van der Waals surface area (Å²) in [4.78, 5) is 18.5. The molecule has 0 saturated heterocycles. The maximum Gasteiger partial charge on any atom is 0.264 e. The summed E-state index contributed by atoms with van der Waals surface area (Å²) in [6.07, 6.45) is 8.20. The van der Waals surface area contributed by atoms with Gasteiger partial charge in [0.2, 0.25) is 0 Å². The normalized spacial score (nSPS) is 31.1. The first-order valence-electron chi connectivity index (χ1n) is 10.1. The summed E-state index contributed by atoms with van der Waals surface area (Å²) in [5.41, 5.74) is 1.55. The number of aromatic nitrogens is 1. The number of rotatable bonds is 5. The van der Waals surface area contributed by atoms with Crippen molar-refractivity contribution in [3.63, 3.8) is 0 Å². The fourth-order valence-electron chi connectivity index (χ4n) is 6.16. The lowest BCUT2D eigenvalue weighted by Gasteiger charge is -2.56. The van der Waals surface area contributed by atoms with Crippen molar-refractivity contribution in [2.24, 2.45) is 17.8 Å². The van der Waals surface area contributed by atoms with Gasteiger partial charge in [-0.2, -0.15) is 0 Å². The maximum absolute atomic E-state index is 12.3. The SMILES string of the molecule is Cc1sc(NC(=O)COc2ccccc2)nc1C12CC3CC(CC(C3)C1)C2. The molecule has 142 valence electrons. The Morgan fingerprint density at radius 3 is 2.41 bits per heavy atom. The van der Waals surface area contributed by atoms with Crippen LogP contribution in [0.15, 0.2) is 30.3 Å². The van der Waals surface area contributed by atoms with E-state index in [4.69, 9.17) is 9.72 Å². The topological polar surface area (TPSA) is 51.2 Å². The molecule has 2 aromatic rings. The summed E-state index contributed by atoms with van der Waals surface area (Å²) in [7, 11) is 0. The van der Waals surface area contributed by atoms with Crippen LogP contribution in [0.5, 0.6) is 5.75 Å². The molecule has 4 saturated carbocycles. The number of nitrogens with zero attached hydrogens (tertiary/aromatic N) is 1. The molecule has 1 heterocycles. The van der Waals surface area contributed by atoms with E-state index in [2.05, 4.69) is 12.2 Å². The van der Waals surface area contributed by atoms with Crippen LogP contribution in [0.4, 0.5) is 5.13 Å². The highest BCUT2D eigenvalue weighted by Crippen LogP contribution is 2.61. The highest BCUT2D eigenvalue weighted by Gasteiger charge is 2.53. The van der Waals surface area contributed by atoms with Crippen LogP contribution in [0.1, 0.15) is 49.1 Å². The van der Waals surface area contributed by atoms with Crippen molar-refractivity contribution in [3.05, 3.63) is 40.9 Å². The van der Waals surface area contributed by atoms with Gasteiger partial charge in [-0.25, -0.2) is 4.98 Å². The van der Waals surface area contributed by atoms with Gasteiger partial charge in [0, 0.05) is 10.3 Å². The number of benzene rings is 1. The lowest BCUT2D eigenvalue weighted by Crippen LogP contribution is -2.49. The molecule has 6 rings (SSSR count). The summed E-state index contributed by atoms with van der Waals surface area (Å²) in [5.74, 6) is 3.25. The number of thiazole rings is 1. The van der Waals surface area contributed by atoms with E-state index in [1.165, 1.54) is 49.1 Å². The Hall–Kier alpha value is -1.88. The number of aryl methyl sites for hydroxylation is 1. The van der Waals surface area contributed by atoms with Gasteiger partial charge in [-0.05, 0) is 75.3 Å². The average Bonchev–Trinajstić information content (AvgIpc) is 3.01. The second-order valence-corrected chi connectivity index (χ2v) is 9.97. The highest BCUT2D eigenvalue weighted by molar-refractivity contribution is 7.15. The number of para-hydroxylation sites is 1. The van der Waals surface area contributed by atoms with Gasteiger partial charge in [0.1, 0.15) is 5.75 Å². The van der Waals surface area contributed by atoms with Crippen molar-refractivity contribution in [2.45, 2.75) is 50.9 Å². The Balaban J connectivity index is 1.28. The van der Waals surface area contributed by atoms with Gasteiger partial charge in [-0.1, -0.05) is 18.2 Å². The third-order valence-electron chi connectivity index (χ3n) is 6.70. The molecule has 0 atom stereocenters. The van der Waals surface area contributed by atoms with E-state index in [9.17, 15) is 4.79 Å². The standard InChI is InChI=1S/C22H26N2O2S/c1-14-20(22-10-15-7-16(11-22)9-17(8-15)12-22)24-21(27-14)23-19(25)13-26-18-5-3-2-4-6-18/h2-6,15-17H,7-13H2,1H3,(H,23,24,25). The third kappa shape index (κ3) is 3.27. The van der Waals surface area contributed by atoms with E-state index in [0.29, 0.717) is 5.75 Å². The number of nitrogens with one attached hydrogen (secondary N) is 1. The molecular weight excluding hydrogens is 356 g/mol. The van der Waals surface area contributed by atoms with Crippen LogP contribution in [-0.2, 0) is 10.2 Å². The number of carbonyl (C=O) groups is 1. The Morgan fingerprint density at radius 2 is 1.78 bits per heavy atom. The molecule has 1 aromatic heterocycles. The van der Waals surface area contributed by atoms with Crippen LogP contribution in [-0.4, -0.2) is 17.5 Å². The number of amides is 1. The molecule has 4 fully saturated rings. The molecule has 0 radical (unpaired) electrons. The summed E-state index contributed by atoms with van der Waals surface area (Å²) >= 11 is 1.61. The first-order valence-corrected chi connectivity index (χ1v) is 10.9. The van der Waals surface area contributed by atoms with Gasteiger partial charge in [0.15, 0.2) is 11.7 Å². The molecule has 1 aromatic carbocycles. The fraction of sp³-hybridized carbons (Fsp3) is 0.545. The Labute approximate surface area is 164 Å². The van der Waals surface area contributed by atoms with E-state index in [1.54, 1.807) is 11.3 Å². The van der Waals surface area contributed by atoms with Crippen molar-refractivity contribution in [3.8, 4) is 5.75 Å².